The number of hydrogen-bond donors (Lipinski definition) is 3. The number of rotatable bonds is 7. The van der Waals surface area contributed by atoms with E-state index in [0.717, 1.165) is 42.3 Å². The minimum Gasteiger partial charge on any atom is -0.466 e. The SMILES string of the molecule is CCNC(=NCc1ccc(N2CCSCC2)cc1)NCC(C)(O)c1cc(C)oc1C. The molecule has 0 aliphatic carbocycles. The molecular weight excluding hydrogens is 396 g/mol. The number of benzene rings is 1. The first-order chi connectivity index (χ1) is 14.4. The number of nitrogens with one attached hydrogen (secondary N) is 2. The summed E-state index contributed by atoms with van der Waals surface area (Å²) >= 11 is 2.02. The van der Waals surface area contributed by atoms with Crippen LogP contribution in [0.15, 0.2) is 39.7 Å². The van der Waals surface area contributed by atoms with Crippen LogP contribution in [-0.4, -0.2) is 48.8 Å². The molecule has 0 bridgehead atoms. The Morgan fingerprint density at radius 2 is 1.90 bits per heavy atom. The third-order valence-corrected chi connectivity index (χ3v) is 6.24. The van der Waals surface area contributed by atoms with Crippen molar-refractivity contribution in [2.75, 3.05) is 42.6 Å². The molecule has 1 aromatic carbocycles. The highest BCUT2D eigenvalue weighted by Gasteiger charge is 2.27. The molecule has 164 valence electrons. The third kappa shape index (κ3) is 5.95. The van der Waals surface area contributed by atoms with Crippen LogP contribution in [0.3, 0.4) is 0 Å². The highest BCUT2D eigenvalue weighted by Crippen LogP contribution is 2.26. The van der Waals surface area contributed by atoms with Crippen LogP contribution in [0.25, 0.3) is 0 Å². The summed E-state index contributed by atoms with van der Waals surface area (Å²) in [4.78, 5) is 7.13. The van der Waals surface area contributed by atoms with E-state index in [1.807, 2.05) is 38.6 Å². The lowest BCUT2D eigenvalue weighted by atomic mass is 9.96. The van der Waals surface area contributed by atoms with Crippen LogP contribution in [0.4, 0.5) is 5.69 Å². The van der Waals surface area contributed by atoms with Crippen molar-refractivity contribution in [2.24, 2.45) is 4.99 Å². The summed E-state index contributed by atoms with van der Waals surface area (Å²) in [5.41, 5.74) is 2.20. The fourth-order valence-corrected chi connectivity index (χ4v) is 4.57. The molecule has 6 nitrogen and oxygen atoms in total. The molecule has 3 rings (SSSR count). The Morgan fingerprint density at radius 3 is 2.50 bits per heavy atom. The molecule has 1 aliphatic rings. The fraction of sp³-hybridized carbons (Fsp3) is 0.522. The van der Waals surface area contributed by atoms with Crippen molar-refractivity contribution in [3.8, 4) is 0 Å². The Bertz CT molecular complexity index is 839. The van der Waals surface area contributed by atoms with Crippen LogP contribution in [-0.2, 0) is 12.1 Å². The molecular formula is C23H34N4O2S. The molecule has 2 heterocycles. The number of nitrogens with zero attached hydrogens (tertiary/aromatic N) is 2. The van der Waals surface area contributed by atoms with E-state index in [9.17, 15) is 5.11 Å². The molecule has 30 heavy (non-hydrogen) atoms. The first-order valence-electron chi connectivity index (χ1n) is 10.6. The van der Waals surface area contributed by atoms with Crippen molar-refractivity contribution >= 4 is 23.4 Å². The zero-order chi connectivity index (χ0) is 21.6. The second-order valence-electron chi connectivity index (χ2n) is 7.92. The summed E-state index contributed by atoms with van der Waals surface area (Å²) in [6.45, 7) is 11.5. The van der Waals surface area contributed by atoms with Gasteiger partial charge < -0.3 is 25.1 Å². The fourth-order valence-electron chi connectivity index (χ4n) is 3.66. The Kier molecular flexibility index (Phi) is 7.72. The van der Waals surface area contributed by atoms with E-state index >= 15 is 0 Å². The van der Waals surface area contributed by atoms with Gasteiger partial charge in [-0.2, -0.15) is 11.8 Å². The lowest BCUT2D eigenvalue weighted by molar-refractivity contribution is 0.0601. The summed E-state index contributed by atoms with van der Waals surface area (Å²) in [6, 6.07) is 10.6. The minimum atomic E-state index is -1.05. The van der Waals surface area contributed by atoms with Crippen LogP contribution in [0, 0.1) is 13.8 Å². The van der Waals surface area contributed by atoms with Crippen molar-refractivity contribution in [2.45, 2.75) is 39.8 Å². The van der Waals surface area contributed by atoms with Gasteiger partial charge in [0, 0.05) is 42.4 Å². The Hall–Kier alpha value is -2.12. The lowest BCUT2D eigenvalue weighted by Gasteiger charge is -2.28. The number of aliphatic hydroxyl groups is 1. The van der Waals surface area contributed by atoms with Gasteiger partial charge in [-0.1, -0.05) is 12.1 Å². The summed E-state index contributed by atoms with van der Waals surface area (Å²) in [5, 5.41) is 17.4. The van der Waals surface area contributed by atoms with Crippen molar-refractivity contribution < 1.29 is 9.52 Å². The molecule has 1 saturated heterocycles. The van der Waals surface area contributed by atoms with Crippen molar-refractivity contribution in [3.63, 3.8) is 0 Å². The predicted octanol–water partition coefficient (Wildman–Crippen LogP) is 3.41. The van der Waals surface area contributed by atoms with Gasteiger partial charge in [-0.15, -0.1) is 0 Å². The van der Waals surface area contributed by atoms with E-state index in [-0.39, 0.29) is 0 Å². The quantitative estimate of drug-likeness (QED) is 0.462. The number of aliphatic imine (C=N–C) groups is 1. The van der Waals surface area contributed by atoms with Gasteiger partial charge in [0.2, 0.25) is 0 Å². The number of furan rings is 1. The molecule has 1 fully saturated rings. The van der Waals surface area contributed by atoms with Crippen LogP contribution < -0.4 is 15.5 Å². The van der Waals surface area contributed by atoms with E-state index in [1.165, 1.54) is 17.2 Å². The van der Waals surface area contributed by atoms with Gasteiger partial charge in [0.1, 0.15) is 17.1 Å². The van der Waals surface area contributed by atoms with E-state index < -0.39 is 5.60 Å². The average Bonchev–Trinajstić information content (AvgIpc) is 3.10. The molecule has 1 aromatic heterocycles. The number of thioether (sulfide) groups is 1. The van der Waals surface area contributed by atoms with Gasteiger partial charge in [0.05, 0.1) is 13.1 Å². The summed E-state index contributed by atoms with van der Waals surface area (Å²) in [6.07, 6.45) is 0. The van der Waals surface area contributed by atoms with Crippen LogP contribution in [0.1, 0.15) is 36.5 Å². The summed E-state index contributed by atoms with van der Waals surface area (Å²) < 4.78 is 5.58. The molecule has 3 N–H and O–H groups in total. The van der Waals surface area contributed by atoms with Crippen LogP contribution >= 0.6 is 11.8 Å². The number of hydrogen-bond acceptors (Lipinski definition) is 5. The smallest absolute Gasteiger partial charge is 0.191 e. The third-order valence-electron chi connectivity index (χ3n) is 5.30. The second-order valence-corrected chi connectivity index (χ2v) is 9.14. The highest BCUT2D eigenvalue weighted by atomic mass is 32.2. The van der Waals surface area contributed by atoms with Crippen molar-refractivity contribution in [1.82, 2.24) is 10.6 Å². The molecule has 0 spiro atoms. The number of guanidine groups is 1. The van der Waals surface area contributed by atoms with Crippen molar-refractivity contribution in [3.05, 3.63) is 53.0 Å². The van der Waals surface area contributed by atoms with Gasteiger partial charge in [0.25, 0.3) is 0 Å². The number of aryl methyl sites for hydroxylation is 2. The first kappa shape index (κ1) is 22.6. The molecule has 0 saturated carbocycles. The largest absolute Gasteiger partial charge is 0.466 e. The highest BCUT2D eigenvalue weighted by molar-refractivity contribution is 7.99. The van der Waals surface area contributed by atoms with Gasteiger partial charge in [-0.25, -0.2) is 4.99 Å². The molecule has 2 aromatic rings. The molecule has 1 atom stereocenters. The van der Waals surface area contributed by atoms with Crippen LogP contribution in [0.2, 0.25) is 0 Å². The predicted molar refractivity (Wildman–Crippen MR) is 127 cm³/mol. The molecule has 7 heteroatoms. The molecule has 0 amide bonds. The monoisotopic (exact) mass is 430 g/mol. The average molecular weight is 431 g/mol. The Labute approximate surface area is 184 Å². The second kappa shape index (κ2) is 10.3. The molecule has 1 unspecified atom stereocenters. The molecule has 0 radical (unpaired) electrons. The van der Waals surface area contributed by atoms with Gasteiger partial charge in [-0.05, 0) is 51.5 Å². The maximum Gasteiger partial charge on any atom is 0.191 e. The number of anilines is 1. The molecule has 1 aliphatic heterocycles. The van der Waals surface area contributed by atoms with Crippen molar-refractivity contribution in [1.29, 1.82) is 0 Å². The zero-order valence-corrected chi connectivity index (χ0v) is 19.3. The van der Waals surface area contributed by atoms with E-state index in [2.05, 4.69) is 39.8 Å². The van der Waals surface area contributed by atoms with E-state index in [1.54, 1.807) is 6.92 Å². The van der Waals surface area contributed by atoms with Gasteiger partial charge >= 0.3 is 0 Å². The lowest BCUT2D eigenvalue weighted by Crippen LogP contribution is -2.44. The minimum absolute atomic E-state index is 0.338. The maximum atomic E-state index is 10.9. The maximum absolute atomic E-state index is 10.9. The van der Waals surface area contributed by atoms with Gasteiger partial charge in [0.15, 0.2) is 5.96 Å². The Balaban J connectivity index is 1.60. The topological polar surface area (TPSA) is 73.0 Å². The summed E-state index contributed by atoms with van der Waals surface area (Å²) in [7, 11) is 0. The normalized spacial score (nSPS) is 17.0. The standard InChI is InChI=1S/C23H34N4O2S/c1-5-24-22(26-16-23(4,28)21-14-17(2)29-18(21)3)25-15-19-6-8-20(9-7-19)27-10-12-30-13-11-27/h6-9,14,28H,5,10-13,15-16H2,1-4H3,(H2,24,25,26). The Morgan fingerprint density at radius 1 is 1.20 bits per heavy atom. The zero-order valence-electron chi connectivity index (χ0n) is 18.5. The van der Waals surface area contributed by atoms with Crippen LogP contribution in [0.5, 0.6) is 0 Å². The van der Waals surface area contributed by atoms with E-state index in [0.29, 0.717) is 19.0 Å². The van der Waals surface area contributed by atoms with E-state index in [4.69, 9.17) is 9.41 Å². The van der Waals surface area contributed by atoms with Gasteiger partial charge in [-0.3, -0.25) is 0 Å². The summed E-state index contributed by atoms with van der Waals surface area (Å²) in [5.74, 6) is 4.63. The first-order valence-corrected chi connectivity index (χ1v) is 11.8.